The third-order valence-corrected chi connectivity index (χ3v) is 5.59. The number of aromatic nitrogens is 1. The largest absolute Gasteiger partial charge is 0.518 e. The molecule has 1 atom stereocenters. The molecule has 0 spiro atoms. The van der Waals surface area contributed by atoms with Gasteiger partial charge in [-0.3, -0.25) is 9.59 Å². The quantitative estimate of drug-likeness (QED) is 0.142. The number of methoxy groups -OCH3 is 1. The minimum atomic E-state index is -0.918. The number of nitrogens with one attached hydrogen (secondary N) is 1. The van der Waals surface area contributed by atoms with Crippen molar-refractivity contribution in [2.24, 2.45) is 5.92 Å². The van der Waals surface area contributed by atoms with Gasteiger partial charge in [0.2, 0.25) is 5.91 Å². The van der Waals surface area contributed by atoms with E-state index < -0.39 is 6.16 Å². The lowest BCUT2D eigenvalue weighted by Crippen LogP contribution is -2.37. The molecule has 0 unspecified atom stereocenters. The van der Waals surface area contributed by atoms with Crippen LogP contribution in [0.15, 0.2) is 54.9 Å². The number of hydrogen-bond donors (Lipinski definition) is 1. The molecule has 2 rings (SSSR count). The summed E-state index contributed by atoms with van der Waals surface area (Å²) in [6.45, 7) is 4.23. The van der Waals surface area contributed by atoms with Crippen molar-refractivity contribution in [2.45, 2.75) is 52.8 Å². The minimum absolute atomic E-state index is 0.00352. The summed E-state index contributed by atoms with van der Waals surface area (Å²) in [7, 11) is 4.79. The molecule has 37 heavy (non-hydrogen) atoms. The highest BCUT2D eigenvalue weighted by Crippen LogP contribution is 2.28. The minimum Gasteiger partial charge on any atom is -0.493 e. The summed E-state index contributed by atoms with van der Waals surface area (Å²) in [6.07, 6.45) is 10.4. The fraction of sp³-hybridized carbons (Fsp3) is 0.429. The standard InChI is InChI=1S/C28H37N3O6/c1-6-7-8-9-10-12-21(2)26(32)29-18-22-14-15-24(25(17-22)35-5)37-28(34)36-20-31-16-11-13-23(19-31)27(33)30(3)4/h7-8,11,13-17,19,21H,6,9-10,12,18,20H2,1-5H3/p+1/b8-7+/t21-/m0/s1. The third kappa shape index (κ3) is 9.95. The number of hydrogen-bond acceptors (Lipinski definition) is 6. The van der Waals surface area contributed by atoms with E-state index in [-0.39, 0.29) is 30.2 Å². The third-order valence-electron chi connectivity index (χ3n) is 5.59. The Morgan fingerprint density at radius 1 is 1.14 bits per heavy atom. The van der Waals surface area contributed by atoms with Crippen molar-refractivity contribution in [1.29, 1.82) is 0 Å². The summed E-state index contributed by atoms with van der Waals surface area (Å²) in [4.78, 5) is 38.2. The summed E-state index contributed by atoms with van der Waals surface area (Å²) in [5.41, 5.74) is 1.27. The van der Waals surface area contributed by atoms with Gasteiger partial charge in [0.1, 0.15) is 5.56 Å². The van der Waals surface area contributed by atoms with Gasteiger partial charge in [0.05, 0.1) is 7.11 Å². The molecule has 9 nitrogen and oxygen atoms in total. The number of carbonyl (C=O) groups excluding carboxylic acids is 3. The van der Waals surface area contributed by atoms with E-state index in [1.807, 2.05) is 6.92 Å². The molecule has 0 saturated heterocycles. The summed E-state index contributed by atoms with van der Waals surface area (Å²) < 4.78 is 17.4. The number of rotatable bonds is 13. The first-order valence-electron chi connectivity index (χ1n) is 12.4. The highest BCUT2D eigenvalue weighted by molar-refractivity contribution is 5.93. The fourth-order valence-electron chi connectivity index (χ4n) is 3.46. The zero-order valence-electron chi connectivity index (χ0n) is 22.4. The monoisotopic (exact) mass is 512 g/mol. The predicted molar refractivity (Wildman–Crippen MR) is 139 cm³/mol. The first-order chi connectivity index (χ1) is 17.7. The van der Waals surface area contributed by atoms with E-state index in [1.54, 1.807) is 61.4 Å². The Morgan fingerprint density at radius 2 is 1.92 bits per heavy atom. The maximum atomic E-state index is 12.4. The van der Waals surface area contributed by atoms with Crippen LogP contribution in [0.2, 0.25) is 0 Å². The number of nitrogens with zero attached hydrogens (tertiary/aromatic N) is 2. The molecular formula is C28H38N3O6+. The van der Waals surface area contributed by atoms with E-state index in [9.17, 15) is 14.4 Å². The molecule has 0 bridgehead atoms. The maximum absolute atomic E-state index is 12.4. The Balaban J connectivity index is 1.87. The van der Waals surface area contributed by atoms with Gasteiger partial charge in [-0.25, -0.2) is 4.79 Å². The molecule has 0 fully saturated rings. The van der Waals surface area contributed by atoms with Crippen LogP contribution < -0.4 is 19.4 Å². The first-order valence-corrected chi connectivity index (χ1v) is 12.4. The van der Waals surface area contributed by atoms with Crippen LogP contribution in [-0.2, 0) is 22.8 Å². The molecule has 1 N–H and O–H groups in total. The van der Waals surface area contributed by atoms with Gasteiger partial charge >= 0.3 is 6.16 Å². The molecule has 0 aliphatic rings. The van der Waals surface area contributed by atoms with Gasteiger partial charge < -0.3 is 24.4 Å². The number of amides is 2. The lowest BCUT2D eigenvalue weighted by molar-refractivity contribution is -0.727. The smallest absolute Gasteiger partial charge is 0.493 e. The van der Waals surface area contributed by atoms with Gasteiger partial charge in [-0.1, -0.05) is 32.1 Å². The summed E-state index contributed by atoms with van der Waals surface area (Å²) in [6, 6.07) is 8.41. The van der Waals surface area contributed by atoms with Gasteiger partial charge in [0.15, 0.2) is 23.9 Å². The normalized spacial score (nSPS) is 11.6. The van der Waals surface area contributed by atoms with Crippen molar-refractivity contribution in [3.05, 3.63) is 66.0 Å². The Morgan fingerprint density at radius 3 is 2.62 bits per heavy atom. The van der Waals surface area contributed by atoms with Crippen LogP contribution in [0.5, 0.6) is 11.5 Å². The molecule has 1 aromatic carbocycles. The Hall–Kier alpha value is -3.88. The zero-order valence-corrected chi connectivity index (χ0v) is 22.4. The molecule has 2 amide bonds. The number of unbranched alkanes of at least 4 members (excludes halogenated alkanes) is 1. The number of carbonyl (C=O) groups is 3. The first kappa shape index (κ1) is 29.4. The van der Waals surface area contributed by atoms with E-state index in [1.165, 1.54) is 12.0 Å². The second-order valence-electron chi connectivity index (χ2n) is 8.85. The Labute approximate surface area is 219 Å². The number of ether oxygens (including phenoxy) is 3. The second-order valence-corrected chi connectivity index (χ2v) is 8.85. The zero-order chi connectivity index (χ0) is 27.2. The highest BCUT2D eigenvalue weighted by atomic mass is 16.7. The molecule has 200 valence electrons. The van der Waals surface area contributed by atoms with E-state index in [0.717, 1.165) is 31.2 Å². The average Bonchev–Trinajstić information content (AvgIpc) is 2.90. The number of pyridine rings is 1. The van der Waals surface area contributed by atoms with E-state index in [0.29, 0.717) is 17.9 Å². The SMILES string of the molecule is CC/C=C/CCC[C@H](C)C(=O)NCc1ccc(OC(=O)OC[n+]2cccc(C(=O)N(C)C)c2)c(OC)c1. The summed E-state index contributed by atoms with van der Waals surface area (Å²) >= 11 is 0. The van der Waals surface area contributed by atoms with Gasteiger partial charge in [0, 0.05) is 32.6 Å². The molecule has 9 heteroatoms. The van der Waals surface area contributed by atoms with Crippen molar-refractivity contribution in [3.8, 4) is 11.5 Å². The molecule has 1 aromatic heterocycles. The average molecular weight is 513 g/mol. The molecule has 2 aromatic rings. The fourth-order valence-corrected chi connectivity index (χ4v) is 3.46. The van der Waals surface area contributed by atoms with Crippen LogP contribution in [-0.4, -0.2) is 44.1 Å². The Kier molecular flexibility index (Phi) is 12.1. The van der Waals surface area contributed by atoms with Crippen molar-refractivity contribution >= 4 is 18.0 Å². The van der Waals surface area contributed by atoms with Crippen LogP contribution in [0, 0.1) is 5.92 Å². The van der Waals surface area contributed by atoms with Crippen molar-refractivity contribution in [1.82, 2.24) is 10.2 Å². The van der Waals surface area contributed by atoms with Gasteiger partial charge in [0.25, 0.3) is 12.6 Å². The van der Waals surface area contributed by atoms with Crippen LogP contribution in [0.4, 0.5) is 4.79 Å². The van der Waals surface area contributed by atoms with Gasteiger partial charge in [-0.05, 0) is 49.4 Å². The predicted octanol–water partition coefficient (Wildman–Crippen LogP) is 4.25. The van der Waals surface area contributed by atoms with Crippen LogP contribution in [0.1, 0.15) is 55.5 Å². The van der Waals surface area contributed by atoms with E-state index >= 15 is 0 Å². The van der Waals surface area contributed by atoms with Crippen LogP contribution >= 0.6 is 0 Å². The van der Waals surface area contributed by atoms with E-state index in [2.05, 4.69) is 24.4 Å². The Bertz CT molecular complexity index is 1080. The van der Waals surface area contributed by atoms with Gasteiger partial charge in [-0.2, -0.15) is 4.57 Å². The van der Waals surface area contributed by atoms with Crippen LogP contribution in [0.25, 0.3) is 0 Å². The maximum Gasteiger partial charge on any atom is 0.518 e. The van der Waals surface area contributed by atoms with Crippen molar-refractivity contribution in [3.63, 3.8) is 0 Å². The molecule has 0 aliphatic carbocycles. The molecule has 0 aliphatic heterocycles. The topological polar surface area (TPSA) is 98.0 Å². The molecule has 1 heterocycles. The van der Waals surface area contributed by atoms with Crippen molar-refractivity contribution < 1.29 is 33.2 Å². The van der Waals surface area contributed by atoms with E-state index in [4.69, 9.17) is 14.2 Å². The molecule has 0 saturated carbocycles. The lowest BCUT2D eigenvalue weighted by Gasteiger charge is -2.13. The summed E-state index contributed by atoms with van der Waals surface area (Å²) in [5, 5.41) is 2.95. The molecule has 0 radical (unpaired) electrons. The van der Waals surface area contributed by atoms with Gasteiger partial charge in [-0.15, -0.1) is 0 Å². The second kappa shape index (κ2) is 15.3. The molecular weight excluding hydrogens is 474 g/mol. The highest BCUT2D eigenvalue weighted by Gasteiger charge is 2.17. The van der Waals surface area contributed by atoms with Crippen molar-refractivity contribution in [2.75, 3.05) is 21.2 Å². The van der Waals surface area contributed by atoms with Crippen LogP contribution in [0.3, 0.4) is 0 Å². The number of allylic oxidation sites excluding steroid dienone is 2. The number of benzene rings is 1. The summed E-state index contributed by atoms with van der Waals surface area (Å²) in [5.74, 6) is 0.292. The lowest BCUT2D eigenvalue weighted by atomic mass is 10.0.